The molecular formula is C16H20FN3O3. The molecule has 23 heavy (non-hydrogen) atoms. The fraction of sp³-hybridized carbons (Fsp3) is 0.562. The van der Waals surface area contributed by atoms with Crippen molar-refractivity contribution in [3.63, 3.8) is 0 Å². The minimum Gasteiger partial charge on any atom is -0.481 e. The lowest BCUT2D eigenvalue weighted by molar-refractivity contribution is -0.140. The van der Waals surface area contributed by atoms with Gasteiger partial charge in [-0.15, -0.1) is 0 Å². The van der Waals surface area contributed by atoms with Crippen LogP contribution in [0.4, 0.5) is 4.39 Å². The first-order valence-corrected chi connectivity index (χ1v) is 7.60. The molecule has 1 aliphatic heterocycles. The number of carboxylic acids is 1. The van der Waals surface area contributed by atoms with Crippen LogP contribution in [0.2, 0.25) is 0 Å². The lowest BCUT2D eigenvalue weighted by Crippen LogP contribution is -2.38. The van der Waals surface area contributed by atoms with E-state index in [1.54, 1.807) is 12.1 Å². The molecule has 1 N–H and O–H groups in total. The third-order valence-corrected chi connectivity index (χ3v) is 4.27. The Balaban J connectivity index is 2.43. The molecule has 0 aliphatic carbocycles. The Hall–Kier alpha value is -2.11. The number of benzene rings is 1. The van der Waals surface area contributed by atoms with Crippen molar-refractivity contribution in [2.24, 2.45) is 11.0 Å². The summed E-state index contributed by atoms with van der Waals surface area (Å²) < 4.78 is 18.9. The Bertz CT molecular complexity index is 589. The van der Waals surface area contributed by atoms with E-state index in [1.165, 1.54) is 12.1 Å². The zero-order valence-electron chi connectivity index (χ0n) is 13.1. The Morgan fingerprint density at radius 3 is 2.39 bits per heavy atom. The number of hydrogen-bond acceptors (Lipinski definition) is 3. The van der Waals surface area contributed by atoms with Gasteiger partial charge in [0.05, 0.1) is 12.2 Å². The first-order valence-electron chi connectivity index (χ1n) is 7.60. The van der Waals surface area contributed by atoms with Gasteiger partial charge in [0, 0.05) is 10.8 Å². The summed E-state index contributed by atoms with van der Waals surface area (Å²) in [6.45, 7) is 3.88. The number of carbonyl (C=O) groups is 1. The molecule has 7 heteroatoms. The number of azide groups is 1. The summed E-state index contributed by atoms with van der Waals surface area (Å²) in [4.78, 5) is 14.3. The summed E-state index contributed by atoms with van der Waals surface area (Å²) in [6.07, 6.45) is 1.31. The Kier molecular flexibility index (Phi) is 5.58. The fourth-order valence-corrected chi connectivity index (χ4v) is 3.48. The van der Waals surface area contributed by atoms with Gasteiger partial charge in [0.15, 0.2) is 0 Å². The Labute approximate surface area is 133 Å². The van der Waals surface area contributed by atoms with Crippen molar-refractivity contribution in [3.8, 4) is 0 Å². The maximum atomic E-state index is 13.2. The molecule has 0 aromatic heterocycles. The van der Waals surface area contributed by atoms with Crippen molar-refractivity contribution in [1.29, 1.82) is 0 Å². The number of rotatable bonds is 5. The first-order chi connectivity index (χ1) is 10.9. The van der Waals surface area contributed by atoms with Crippen molar-refractivity contribution in [3.05, 3.63) is 46.1 Å². The van der Waals surface area contributed by atoms with Gasteiger partial charge in [-0.3, -0.25) is 4.79 Å². The van der Waals surface area contributed by atoms with Gasteiger partial charge in [-0.1, -0.05) is 17.2 Å². The monoisotopic (exact) mass is 321 g/mol. The van der Waals surface area contributed by atoms with E-state index < -0.39 is 23.7 Å². The third-order valence-electron chi connectivity index (χ3n) is 4.27. The van der Waals surface area contributed by atoms with Crippen LogP contribution < -0.4 is 0 Å². The van der Waals surface area contributed by atoms with E-state index in [0.717, 1.165) is 0 Å². The van der Waals surface area contributed by atoms with Crippen LogP contribution in [0.5, 0.6) is 0 Å². The summed E-state index contributed by atoms with van der Waals surface area (Å²) in [5.41, 5.74) is 9.40. The van der Waals surface area contributed by atoms with Gasteiger partial charge in [-0.2, -0.15) is 0 Å². The second-order valence-electron chi connectivity index (χ2n) is 6.05. The zero-order chi connectivity index (χ0) is 17.0. The third kappa shape index (κ3) is 4.21. The summed E-state index contributed by atoms with van der Waals surface area (Å²) >= 11 is 0. The molecule has 0 radical (unpaired) electrons. The predicted molar refractivity (Wildman–Crippen MR) is 82.4 cm³/mol. The van der Waals surface area contributed by atoms with Crippen molar-refractivity contribution >= 4 is 5.97 Å². The van der Waals surface area contributed by atoms with E-state index in [2.05, 4.69) is 10.0 Å². The van der Waals surface area contributed by atoms with Crippen molar-refractivity contribution in [2.45, 2.75) is 50.9 Å². The maximum absolute atomic E-state index is 13.2. The standard InChI is InChI=1S/C16H20FN3O3/c1-9-7-12(8-10(2)23-9)14(15(16(21)22)19-20-18)11-3-5-13(17)6-4-11/h3-6,9-10,12,14-15H,7-8H2,1-2H3,(H,21,22)/t9?,10?,12?,14-,15+/m0/s1. The molecule has 1 aromatic carbocycles. The predicted octanol–water partition coefficient (Wildman–Crippen LogP) is 3.88. The molecule has 1 aromatic rings. The number of carboxylic acid groups (broad SMARTS) is 1. The van der Waals surface area contributed by atoms with Crippen LogP contribution in [0.15, 0.2) is 29.4 Å². The molecule has 4 atom stereocenters. The molecule has 1 heterocycles. The normalized spacial score (nSPS) is 26.8. The molecule has 6 nitrogen and oxygen atoms in total. The van der Waals surface area contributed by atoms with Gasteiger partial charge < -0.3 is 9.84 Å². The largest absolute Gasteiger partial charge is 0.481 e. The van der Waals surface area contributed by atoms with Gasteiger partial charge in [0.2, 0.25) is 0 Å². The lowest BCUT2D eigenvalue weighted by Gasteiger charge is -2.38. The summed E-state index contributed by atoms with van der Waals surface area (Å²) in [5, 5.41) is 13.0. The van der Waals surface area contributed by atoms with Crippen LogP contribution in [0.25, 0.3) is 10.4 Å². The van der Waals surface area contributed by atoms with E-state index in [1.807, 2.05) is 13.8 Å². The quantitative estimate of drug-likeness (QED) is 0.506. The van der Waals surface area contributed by atoms with E-state index in [0.29, 0.717) is 18.4 Å². The van der Waals surface area contributed by atoms with E-state index in [9.17, 15) is 14.3 Å². The van der Waals surface area contributed by atoms with Gasteiger partial charge in [-0.05, 0) is 55.8 Å². The highest BCUT2D eigenvalue weighted by Gasteiger charge is 2.38. The average Bonchev–Trinajstić information content (AvgIpc) is 2.47. The minimum absolute atomic E-state index is 0.00721. The van der Waals surface area contributed by atoms with Gasteiger partial charge >= 0.3 is 5.97 Å². The summed E-state index contributed by atoms with van der Waals surface area (Å²) in [7, 11) is 0. The summed E-state index contributed by atoms with van der Waals surface area (Å²) in [6, 6.07) is 4.49. The Morgan fingerprint density at radius 1 is 1.35 bits per heavy atom. The van der Waals surface area contributed by atoms with Crippen LogP contribution in [0.3, 0.4) is 0 Å². The van der Waals surface area contributed by atoms with Crippen LogP contribution in [0, 0.1) is 11.7 Å². The number of halogens is 1. The second-order valence-corrected chi connectivity index (χ2v) is 6.05. The topological polar surface area (TPSA) is 95.3 Å². The SMILES string of the molecule is CC1CC([C@H](c2ccc(F)cc2)[C@@H](N=[N+]=[N-])C(=O)O)CC(C)O1. The molecule has 0 bridgehead atoms. The first kappa shape index (κ1) is 17.2. The molecule has 2 unspecified atom stereocenters. The highest BCUT2D eigenvalue weighted by Crippen LogP contribution is 2.39. The van der Waals surface area contributed by atoms with Gasteiger partial charge in [0.25, 0.3) is 0 Å². The number of ether oxygens (including phenoxy) is 1. The smallest absolute Gasteiger partial charge is 0.313 e. The molecule has 2 rings (SSSR count). The van der Waals surface area contributed by atoms with Gasteiger partial charge in [0.1, 0.15) is 11.9 Å². The minimum atomic E-state index is -1.23. The van der Waals surface area contributed by atoms with Crippen LogP contribution in [-0.4, -0.2) is 29.3 Å². The second kappa shape index (κ2) is 7.44. The van der Waals surface area contributed by atoms with Crippen molar-refractivity contribution in [2.75, 3.05) is 0 Å². The maximum Gasteiger partial charge on any atom is 0.313 e. The molecule has 1 aliphatic rings. The van der Waals surface area contributed by atoms with Crippen LogP contribution >= 0.6 is 0 Å². The lowest BCUT2D eigenvalue weighted by atomic mass is 9.74. The molecule has 0 spiro atoms. The molecule has 1 fully saturated rings. The Morgan fingerprint density at radius 2 is 1.91 bits per heavy atom. The molecule has 124 valence electrons. The van der Waals surface area contributed by atoms with E-state index >= 15 is 0 Å². The molecular weight excluding hydrogens is 301 g/mol. The number of hydrogen-bond donors (Lipinski definition) is 1. The molecule has 0 saturated carbocycles. The number of nitrogens with zero attached hydrogens (tertiary/aromatic N) is 3. The molecule has 0 amide bonds. The molecule has 1 saturated heterocycles. The van der Waals surface area contributed by atoms with Crippen LogP contribution in [-0.2, 0) is 9.53 Å². The van der Waals surface area contributed by atoms with Crippen molar-refractivity contribution < 1.29 is 19.0 Å². The van der Waals surface area contributed by atoms with Gasteiger partial charge in [-0.25, -0.2) is 4.39 Å². The fourth-order valence-electron chi connectivity index (χ4n) is 3.48. The number of aliphatic carboxylic acids is 1. The zero-order valence-corrected chi connectivity index (χ0v) is 13.1. The van der Waals surface area contributed by atoms with E-state index in [4.69, 9.17) is 10.3 Å². The highest BCUT2D eigenvalue weighted by molar-refractivity contribution is 5.75. The van der Waals surface area contributed by atoms with Crippen molar-refractivity contribution in [1.82, 2.24) is 0 Å². The average molecular weight is 321 g/mol. The summed E-state index contributed by atoms with van der Waals surface area (Å²) in [5.74, 6) is -2.11. The van der Waals surface area contributed by atoms with Crippen LogP contribution in [0.1, 0.15) is 38.2 Å². The van der Waals surface area contributed by atoms with E-state index in [-0.39, 0.29) is 18.1 Å². The highest BCUT2D eigenvalue weighted by atomic mass is 19.1.